The van der Waals surface area contributed by atoms with Crippen LogP contribution < -0.4 is 0 Å². The maximum Gasteiger partial charge on any atom is 0.309 e. The molecule has 0 spiro atoms. The second-order valence-electron chi connectivity index (χ2n) is 4.43. The van der Waals surface area contributed by atoms with Gasteiger partial charge in [-0.1, -0.05) is 35.9 Å². The Kier molecular flexibility index (Phi) is 3.95. The average Bonchev–Trinajstić information content (AvgIpc) is 2.42. The molecular formula is C16H15FO2. The number of methoxy groups -OCH3 is 1. The van der Waals surface area contributed by atoms with E-state index in [4.69, 9.17) is 0 Å². The minimum atomic E-state index is -0.283. The van der Waals surface area contributed by atoms with E-state index >= 15 is 0 Å². The van der Waals surface area contributed by atoms with Gasteiger partial charge in [0.05, 0.1) is 13.5 Å². The molecule has 0 atom stereocenters. The molecule has 98 valence electrons. The fraction of sp³-hybridized carbons (Fsp3) is 0.188. The van der Waals surface area contributed by atoms with E-state index < -0.39 is 0 Å². The van der Waals surface area contributed by atoms with Crippen LogP contribution in [0.1, 0.15) is 11.1 Å². The molecule has 2 aromatic carbocycles. The summed E-state index contributed by atoms with van der Waals surface area (Å²) in [7, 11) is 1.36. The molecule has 0 bridgehead atoms. The third-order valence-corrected chi connectivity index (χ3v) is 2.96. The van der Waals surface area contributed by atoms with Crippen molar-refractivity contribution in [3.63, 3.8) is 0 Å². The largest absolute Gasteiger partial charge is 0.469 e. The van der Waals surface area contributed by atoms with Crippen LogP contribution in [-0.2, 0) is 16.0 Å². The van der Waals surface area contributed by atoms with Crippen molar-refractivity contribution in [2.45, 2.75) is 13.3 Å². The summed E-state index contributed by atoms with van der Waals surface area (Å²) in [5, 5.41) is 0. The van der Waals surface area contributed by atoms with Gasteiger partial charge >= 0.3 is 5.97 Å². The summed E-state index contributed by atoms with van der Waals surface area (Å²) in [5.74, 6) is -0.527. The van der Waals surface area contributed by atoms with Crippen LogP contribution in [0.3, 0.4) is 0 Å². The summed E-state index contributed by atoms with van der Waals surface area (Å²) < 4.78 is 18.4. The minimum Gasteiger partial charge on any atom is -0.469 e. The van der Waals surface area contributed by atoms with Crippen LogP contribution in [0.5, 0.6) is 0 Å². The van der Waals surface area contributed by atoms with Gasteiger partial charge in [-0.3, -0.25) is 4.79 Å². The predicted octanol–water partition coefficient (Wildman–Crippen LogP) is 3.52. The minimum absolute atomic E-state index is 0.229. The molecule has 19 heavy (non-hydrogen) atoms. The lowest BCUT2D eigenvalue weighted by molar-refractivity contribution is -0.139. The smallest absolute Gasteiger partial charge is 0.309 e. The molecule has 0 saturated heterocycles. The lowest BCUT2D eigenvalue weighted by Gasteiger charge is -2.06. The first-order valence-electron chi connectivity index (χ1n) is 6.02. The molecule has 0 radical (unpaired) electrons. The summed E-state index contributed by atoms with van der Waals surface area (Å²) in [5.41, 5.74) is 3.23. The van der Waals surface area contributed by atoms with E-state index in [1.54, 1.807) is 6.07 Å². The molecule has 0 amide bonds. The first-order chi connectivity index (χ1) is 9.10. The van der Waals surface area contributed by atoms with Crippen molar-refractivity contribution in [2.75, 3.05) is 7.11 Å². The topological polar surface area (TPSA) is 26.3 Å². The normalized spacial score (nSPS) is 10.3. The first kappa shape index (κ1) is 13.3. The molecule has 0 aromatic heterocycles. The Morgan fingerprint density at radius 1 is 1.16 bits per heavy atom. The molecule has 0 N–H and O–H groups in total. The van der Waals surface area contributed by atoms with Crippen molar-refractivity contribution >= 4 is 5.97 Å². The number of hydrogen-bond donors (Lipinski definition) is 0. The number of carbonyl (C=O) groups excluding carboxylic acids is 1. The number of hydrogen-bond acceptors (Lipinski definition) is 2. The number of esters is 1. The van der Waals surface area contributed by atoms with E-state index in [0.717, 1.165) is 16.7 Å². The summed E-state index contributed by atoms with van der Waals surface area (Å²) in [6, 6.07) is 12.3. The third-order valence-electron chi connectivity index (χ3n) is 2.96. The van der Waals surface area contributed by atoms with E-state index in [-0.39, 0.29) is 18.2 Å². The monoisotopic (exact) mass is 258 g/mol. The number of carbonyl (C=O) groups is 1. The zero-order valence-electron chi connectivity index (χ0n) is 10.9. The van der Waals surface area contributed by atoms with Gasteiger partial charge in [-0.25, -0.2) is 4.39 Å². The van der Waals surface area contributed by atoms with Crippen molar-refractivity contribution in [3.8, 4) is 11.1 Å². The quantitative estimate of drug-likeness (QED) is 0.787. The van der Waals surface area contributed by atoms with Crippen molar-refractivity contribution in [3.05, 3.63) is 59.4 Å². The maximum absolute atomic E-state index is 13.7. The van der Waals surface area contributed by atoms with Gasteiger partial charge in [0.25, 0.3) is 0 Å². The molecule has 2 aromatic rings. The molecule has 0 aliphatic carbocycles. The van der Waals surface area contributed by atoms with Crippen molar-refractivity contribution in [1.29, 1.82) is 0 Å². The van der Waals surface area contributed by atoms with E-state index in [9.17, 15) is 9.18 Å². The third kappa shape index (κ3) is 3.19. The fourth-order valence-electron chi connectivity index (χ4n) is 1.90. The zero-order valence-corrected chi connectivity index (χ0v) is 10.9. The lowest BCUT2D eigenvalue weighted by atomic mass is 10.0. The Morgan fingerprint density at radius 2 is 1.84 bits per heavy atom. The standard InChI is InChI=1S/C16H15FO2/c1-11-3-8-15(17)14(9-11)13-6-4-12(5-7-13)10-16(18)19-2/h3-9H,10H2,1-2H3. The molecule has 0 saturated carbocycles. The van der Waals surface area contributed by atoms with Gasteiger partial charge in [-0.2, -0.15) is 0 Å². The lowest BCUT2D eigenvalue weighted by Crippen LogP contribution is -2.04. The molecule has 2 rings (SSSR count). The van der Waals surface area contributed by atoms with Crippen LogP contribution in [0.25, 0.3) is 11.1 Å². The Morgan fingerprint density at radius 3 is 2.47 bits per heavy atom. The molecule has 0 aliphatic rings. The summed E-state index contributed by atoms with van der Waals surface area (Å²) in [4.78, 5) is 11.2. The first-order valence-corrected chi connectivity index (χ1v) is 6.02. The highest BCUT2D eigenvalue weighted by atomic mass is 19.1. The van der Waals surface area contributed by atoms with Crippen LogP contribution in [-0.4, -0.2) is 13.1 Å². The highest BCUT2D eigenvalue weighted by Crippen LogP contribution is 2.24. The van der Waals surface area contributed by atoms with Crippen molar-refractivity contribution in [1.82, 2.24) is 0 Å². The van der Waals surface area contributed by atoms with E-state index in [2.05, 4.69) is 4.74 Å². The molecule has 0 unspecified atom stereocenters. The van der Waals surface area contributed by atoms with Crippen LogP contribution in [0.15, 0.2) is 42.5 Å². The summed E-state index contributed by atoms with van der Waals surface area (Å²) >= 11 is 0. The van der Waals surface area contributed by atoms with Crippen molar-refractivity contribution < 1.29 is 13.9 Å². The summed E-state index contributed by atoms with van der Waals surface area (Å²) in [6.07, 6.45) is 0.229. The van der Waals surface area contributed by atoms with Gasteiger partial charge in [-0.05, 0) is 30.2 Å². The number of aryl methyl sites for hydroxylation is 1. The van der Waals surface area contributed by atoms with Gasteiger partial charge in [0.15, 0.2) is 0 Å². The van der Waals surface area contributed by atoms with Gasteiger partial charge in [0.1, 0.15) is 5.82 Å². The molecule has 0 aliphatic heterocycles. The van der Waals surface area contributed by atoms with E-state index in [1.165, 1.54) is 13.2 Å². The SMILES string of the molecule is COC(=O)Cc1ccc(-c2cc(C)ccc2F)cc1. The molecule has 3 heteroatoms. The molecule has 2 nitrogen and oxygen atoms in total. The number of halogens is 1. The number of ether oxygens (including phenoxy) is 1. The average molecular weight is 258 g/mol. The van der Waals surface area contributed by atoms with Crippen LogP contribution >= 0.6 is 0 Å². The fourth-order valence-corrected chi connectivity index (χ4v) is 1.90. The van der Waals surface area contributed by atoms with E-state index in [0.29, 0.717) is 5.56 Å². The summed E-state index contributed by atoms with van der Waals surface area (Å²) in [6.45, 7) is 1.93. The molecular weight excluding hydrogens is 243 g/mol. The van der Waals surface area contributed by atoms with Gasteiger partial charge in [0, 0.05) is 5.56 Å². The van der Waals surface area contributed by atoms with Gasteiger partial charge < -0.3 is 4.74 Å². The highest BCUT2D eigenvalue weighted by Gasteiger charge is 2.07. The zero-order chi connectivity index (χ0) is 13.8. The van der Waals surface area contributed by atoms with Crippen LogP contribution in [0.4, 0.5) is 4.39 Å². The Hall–Kier alpha value is -2.16. The Balaban J connectivity index is 2.27. The van der Waals surface area contributed by atoms with Crippen LogP contribution in [0.2, 0.25) is 0 Å². The van der Waals surface area contributed by atoms with E-state index in [1.807, 2.05) is 37.3 Å². The number of benzene rings is 2. The number of rotatable bonds is 3. The molecule has 0 heterocycles. The molecule has 0 fully saturated rings. The highest BCUT2D eigenvalue weighted by molar-refractivity contribution is 5.73. The van der Waals surface area contributed by atoms with Crippen LogP contribution in [0, 0.1) is 12.7 Å². The van der Waals surface area contributed by atoms with Gasteiger partial charge in [-0.15, -0.1) is 0 Å². The predicted molar refractivity (Wildman–Crippen MR) is 72.3 cm³/mol. The second kappa shape index (κ2) is 5.65. The maximum atomic E-state index is 13.7. The second-order valence-corrected chi connectivity index (χ2v) is 4.43. The van der Waals surface area contributed by atoms with Crippen molar-refractivity contribution in [2.24, 2.45) is 0 Å². The Bertz CT molecular complexity index is 588. The van der Waals surface area contributed by atoms with Gasteiger partial charge in [0.2, 0.25) is 0 Å². The Labute approximate surface area is 111 Å².